The molecule has 2 rings (SSSR count). The Labute approximate surface area is 131 Å². The molecule has 0 saturated carbocycles. The molecule has 0 bridgehead atoms. The summed E-state index contributed by atoms with van der Waals surface area (Å²) in [5.41, 5.74) is 6.79. The minimum atomic E-state index is -0.462. The Hall–Kier alpha value is -1.46. The van der Waals surface area contributed by atoms with Crippen molar-refractivity contribution in [3.05, 3.63) is 23.8 Å². The van der Waals surface area contributed by atoms with E-state index < -0.39 is 6.04 Å². The molecule has 21 heavy (non-hydrogen) atoms. The summed E-state index contributed by atoms with van der Waals surface area (Å²) in [4.78, 5) is 14.0. The maximum Gasteiger partial charge on any atom is 0.239 e. The third-order valence-corrected chi connectivity index (χ3v) is 3.72. The Kier molecular flexibility index (Phi) is 6.30. The maximum absolute atomic E-state index is 12.2. The highest BCUT2D eigenvalue weighted by molar-refractivity contribution is 5.85. The van der Waals surface area contributed by atoms with Crippen LogP contribution in [-0.4, -0.2) is 37.6 Å². The highest BCUT2D eigenvalue weighted by atomic mass is 35.5. The summed E-state index contributed by atoms with van der Waals surface area (Å²) >= 11 is 0. The predicted octanol–water partition coefficient (Wildman–Crippen LogP) is 2.14. The first-order chi connectivity index (χ1) is 9.58. The fraction of sp³-hybridized carbons (Fsp3) is 0.533. The van der Waals surface area contributed by atoms with Gasteiger partial charge in [-0.1, -0.05) is 6.07 Å². The quantitative estimate of drug-likeness (QED) is 0.924. The van der Waals surface area contributed by atoms with Crippen LogP contribution in [0, 0.1) is 0 Å². The Morgan fingerprint density at radius 2 is 2.00 bits per heavy atom. The third kappa shape index (κ3) is 3.60. The second-order valence-corrected chi connectivity index (χ2v) is 5.09. The van der Waals surface area contributed by atoms with E-state index in [9.17, 15) is 4.79 Å². The smallest absolute Gasteiger partial charge is 0.239 e. The molecule has 1 heterocycles. The maximum atomic E-state index is 12.2. The zero-order valence-corrected chi connectivity index (χ0v) is 13.5. The van der Waals surface area contributed by atoms with Gasteiger partial charge in [0.15, 0.2) is 11.5 Å². The number of carbonyl (C=O) groups excluding carboxylic acids is 1. The summed E-state index contributed by atoms with van der Waals surface area (Å²) < 4.78 is 10.6. The molecule has 1 saturated heterocycles. The number of carbonyl (C=O) groups is 1. The van der Waals surface area contributed by atoms with Crippen LogP contribution in [0.2, 0.25) is 0 Å². The van der Waals surface area contributed by atoms with E-state index in [0.717, 1.165) is 24.9 Å². The number of halogens is 1. The molecule has 1 fully saturated rings. The Balaban J connectivity index is 0.00000220. The molecule has 1 aromatic carbocycles. The van der Waals surface area contributed by atoms with E-state index in [0.29, 0.717) is 11.5 Å². The summed E-state index contributed by atoms with van der Waals surface area (Å²) in [5.74, 6) is 1.38. The molecule has 1 aliphatic rings. The van der Waals surface area contributed by atoms with Crippen molar-refractivity contribution in [3.8, 4) is 11.5 Å². The topological polar surface area (TPSA) is 64.8 Å². The molecular formula is C15H23ClN2O3. The second kappa shape index (κ2) is 7.52. The molecule has 0 aliphatic carbocycles. The zero-order valence-electron chi connectivity index (χ0n) is 12.7. The zero-order chi connectivity index (χ0) is 14.7. The number of ether oxygens (including phenoxy) is 2. The van der Waals surface area contributed by atoms with Crippen molar-refractivity contribution in [2.24, 2.45) is 5.73 Å². The lowest BCUT2D eigenvalue weighted by molar-refractivity contribution is -0.133. The number of nitrogens with zero attached hydrogens (tertiary/aromatic N) is 1. The van der Waals surface area contributed by atoms with Crippen LogP contribution >= 0.6 is 12.4 Å². The molecule has 2 atom stereocenters. The van der Waals surface area contributed by atoms with E-state index >= 15 is 0 Å². The molecule has 6 heteroatoms. The van der Waals surface area contributed by atoms with Crippen molar-refractivity contribution in [2.75, 3.05) is 20.8 Å². The van der Waals surface area contributed by atoms with E-state index in [-0.39, 0.29) is 24.4 Å². The minimum absolute atomic E-state index is 0. The van der Waals surface area contributed by atoms with Crippen molar-refractivity contribution >= 4 is 18.3 Å². The highest BCUT2D eigenvalue weighted by Crippen LogP contribution is 2.36. The number of likely N-dealkylation sites (tertiary alicyclic amines) is 1. The van der Waals surface area contributed by atoms with Crippen molar-refractivity contribution < 1.29 is 14.3 Å². The lowest BCUT2D eigenvalue weighted by Crippen LogP contribution is -2.41. The van der Waals surface area contributed by atoms with Gasteiger partial charge in [-0.05, 0) is 37.5 Å². The summed E-state index contributed by atoms with van der Waals surface area (Å²) in [6.45, 7) is 2.49. The fourth-order valence-electron chi connectivity index (χ4n) is 2.70. The van der Waals surface area contributed by atoms with E-state index in [4.69, 9.17) is 15.2 Å². The molecule has 0 radical (unpaired) electrons. The predicted molar refractivity (Wildman–Crippen MR) is 84.1 cm³/mol. The van der Waals surface area contributed by atoms with Gasteiger partial charge in [-0.25, -0.2) is 0 Å². The number of hydrogen-bond donors (Lipinski definition) is 1. The number of amides is 1. The third-order valence-electron chi connectivity index (χ3n) is 3.72. The van der Waals surface area contributed by atoms with Crippen LogP contribution in [0.4, 0.5) is 0 Å². The van der Waals surface area contributed by atoms with E-state index in [2.05, 4.69) is 0 Å². The normalized spacial score (nSPS) is 18.9. The van der Waals surface area contributed by atoms with Crippen LogP contribution in [0.5, 0.6) is 11.5 Å². The second-order valence-electron chi connectivity index (χ2n) is 5.09. The van der Waals surface area contributed by atoms with Gasteiger partial charge in [0.2, 0.25) is 5.91 Å². The summed E-state index contributed by atoms with van der Waals surface area (Å²) in [6.07, 6.45) is 1.95. The largest absolute Gasteiger partial charge is 0.493 e. The van der Waals surface area contributed by atoms with Crippen molar-refractivity contribution in [2.45, 2.75) is 31.8 Å². The fourth-order valence-corrected chi connectivity index (χ4v) is 2.70. The first-order valence-corrected chi connectivity index (χ1v) is 6.86. The lowest BCUT2D eigenvalue weighted by Gasteiger charge is -2.27. The van der Waals surface area contributed by atoms with E-state index in [1.165, 1.54) is 0 Å². The molecule has 1 aliphatic heterocycles. The number of rotatable bonds is 4. The number of hydrogen-bond acceptors (Lipinski definition) is 4. The monoisotopic (exact) mass is 314 g/mol. The molecule has 2 N–H and O–H groups in total. The van der Waals surface area contributed by atoms with Crippen molar-refractivity contribution in [1.29, 1.82) is 0 Å². The number of nitrogens with two attached hydrogens (primary N) is 1. The van der Waals surface area contributed by atoms with Crippen LogP contribution in [-0.2, 0) is 4.79 Å². The van der Waals surface area contributed by atoms with Gasteiger partial charge < -0.3 is 20.1 Å². The van der Waals surface area contributed by atoms with Crippen LogP contribution < -0.4 is 15.2 Å². The lowest BCUT2D eigenvalue weighted by atomic mass is 10.0. The van der Waals surface area contributed by atoms with Crippen LogP contribution in [0.15, 0.2) is 18.2 Å². The molecule has 118 valence electrons. The average Bonchev–Trinajstić information content (AvgIpc) is 2.94. The van der Waals surface area contributed by atoms with Gasteiger partial charge in [-0.3, -0.25) is 4.79 Å². The van der Waals surface area contributed by atoms with Gasteiger partial charge in [0, 0.05) is 6.54 Å². The Bertz CT molecular complexity index is 494. The summed E-state index contributed by atoms with van der Waals surface area (Å²) in [6, 6.07) is 5.42. The molecular weight excluding hydrogens is 292 g/mol. The molecule has 0 spiro atoms. The SMILES string of the molecule is COc1ccc(C2CCCN2C(=O)C(C)N)cc1OC.Cl. The number of benzene rings is 1. The van der Waals surface area contributed by atoms with E-state index in [1.807, 2.05) is 23.1 Å². The Morgan fingerprint density at radius 1 is 1.33 bits per heavy atom. The molecule has 1 amide bonds. The molecule has 2 unspecified atom stereocenters. The highest BCUT2D eigenvalue weighted by Gasteiger charge is 2.31. The van der Waals surface area contributed by atoms with Crippen molar-refractivity contribution in [3.63, 3.8) is 0 Å². The molecule has 1 aromatic rings. The minimum Gasteiger partial charge on any atom is -0.493 e. The van der Waals surface area contributed by atoms with Crippen molar-refractivity contribution in [1.82, 2.24) is 4.90 Å². The van der Waals surface area contributed by atoms with Crippen LogP contribution in [0.3, 0.4) is 0 Å². The van der Waals surface area contributed by atoms with Gasteiger partial charge in [0.1, 0.15) is 0 Å². The first kappa shape index (κ1) is 17.6. The van der Waals surface area contributed by atoms with Gasteiger partial charge in [0.25, 0.3) is 0 Å². The first-order valence-electron chi connectivity index (χ1n) is 6.86. The Morgan fingerprint density at radius 3 is 2.57 bits per heavy atom. The van der Waals surface area contributed by atoms with Crippen LogP contribution in [0.1, 0.15) is 31.4 Å². The standard InChI is InChI=1S/C15H22N2O3.ClH/c1-10(16)15(18)17-8-4-5-12(17)11-6-7-13(19-2)14(9-11)20-3;/h6-7,9-10,12H,4-5,8,16H2,1-3H3;1H. The average molecular weight is 315 g/mol. The van der Waals surface area contributed by atoms with Crippen LogP contribution in [0.25, 0.3) is 0 Å². The summed E-state index contributed by atoms with van der Waals surface area (Å²) in [5, 5.41) is 0. The number of methoxy groups -OCH3 is 2. The van der Waals surface area contributed by atoms with Gasteiger partial charge in [0.05, 0.1) is 26.3 Å². The molecule has 0 aromatic heterocycles. The van der Waals surface area contributed by atoms with Gasteiger partial charge >= 0.3 is 0 Å². The van der Waals surface area contributed by atoms with E-state index in [1.54, 1.807) is 21.1 Å². The molecule has 5 nitrogen and oxygen atoms in total. The summed E-state index contributed by atoms with van der Waals surface area (Å²) in [7, 11) is 3.22. The van der Waals surface area contributed by atoms with Gasteiger partial charge in [-0.15, -0.1) is 12.4 Å². The van der Waals surface area contributed by atoms with Gasteiger partial charge in [-0.2, -0.15) is 0 Å².